The van der Waals surface area contributed by atoms with Crippen LogP contribution in [0.1, 0.15) is 5.56 Å². The standard InChI is InChI=1S/C10H12N6O/c11-9-8(10(12)16-15-9)14-13-7-3-1-2-6(4-7)5-17/h1-4,17H,5H2,(H5,11,12,15,16). The van der Waals surface area contributed by atoms with Crippen LogP contribution in [0.25, 0.3) is 0 Å². The highest BCUT2D eigenvalue weighted by Gasteiger charge is 2.06. The summed E-state index contributed by atoms with van der Waals surface area (Å²) in [6.45, 7) is -0.0423. The maximum absolute atomic E-state index is 8.98. The quantitative estimate of drug-likeness (QED) is 0.598. The van der Waals surface area contributed by atoms with Crippen LogP contribution in [0.4, 0.5) is 23.0 Å². The van der Waals surface area contributed by atoms with E-state index in [-0.39, 0.29) is 18.2 Å². The number of aliphatic hydroxyl groups is 1. The van der Waals surface area contributed by atoms with Crippen LogP contribution >= 0.6 is 0 Å². The predicted molar refractivity (Wildman–Crippen MR) is 64.0 cm³/mol. The van der Waals surface area contributed by atoms with Gasteiger partial charge in [-0.25, -0.2) is 0 Å². The van der Waals surface area contributed by atoms with Gasteiger partial charge in [0.2, 0.25) is 0 Å². The van der Waals surface area contributed by atoms with Crippen LogP contribution in [0.5, 0.6) is 0 Å². The van der Waals surface area contributed by atoms with Gasteiger partial charge < -0.3 is 16.6 Å². The fourth-order valence-corrected chi connectivity index (χ4v) is 1.29. The highest BCUT2D eigenvalue weighted by molar-refractivity contribution is 5.70. The largest absolute Gasteiger partial charge is 0.392 e. The molecule has 2 rings (SSSR count). The number of hydrogen-bond donors (Lipinski definition) is 4. The van der Waals surface area contributed by atoms with Crippen LogP contribution in [0.2, 0.25) is 0 Å². The molecule has 0 bridgehead atoms. The van der Waals surface area contributed by atoms with Gasteiger partial charge in [0.25, 0.3) is 0 Å². The zero-order chi connectivity index (χ0) is 12.3. The maximum Gasteiger partial charge on any atom is 0.175 e. The molecule has 1 aromatic carbocycles. The van der Waals surface area contributed by atoms with Crippen LogP contribution in [-0.4, -0.2) is 15.3 Å². The molecule has 88 valence electrons. The van der Waals surface area contributed by atoms with E-state index in [1.54, 1.807) is 24.3 Å². The van der Waals surface area contributed by atoms with Crippen molar-refractivity contribution in [3.8, 4) is 0 Å². The number of nitrogens with two attached hydrogens (primary N) is 2. The maximum atomic E-state index is 8.98. The number of nitrogen functional groups attached to an aromatic ring is 2. The smallest absolute Gasteiger partial charge is 0.175 e. The van der Waals surface area contributed by atoms with Crippen molar-refractivity contribution in [3.63, 3.8) is 0 Å². The van der Waals surface area contributed by atoms with Gasteiger partial charge >= 0.3 is 0 Å². The second kappa shape index (κ2) is 4.62. The van der Waals surface area contributed by atoms with E-state index in [0.717, 1.165) is 5.56 Å². The van der Waals surface area contributed by atoms with Crippen molar-refractivity contribution in [1.82, 2.24) is 10.2 Å². The number of azo groups is 1. The molecule has 0 radical (unpaired) electrons. The predicted octanol–water partition coefficient (Wildman–Crippen LogP) is 1.48. The Labute approximate surface area is 97.2 Å². The summed E-state index contributed by atoms with van der Waals surface area (Å²) in [5.74, 6) is 0.467. The number of nitrogens with one attached hydrogen (secondary N) is 1. The lowest BCUT2D eigenvalue weighted by Gasteiger charge is -1.96. The van der Waals surface area contributed by atoms with Gasteiger partial charge in [0.1, 0.15) is 5.82 Å². The molecule has 7 nitrogen and oxygen atoms in total. The molecule has 0 atom stereocenters. The van der Waals surface area contributed by atoms with Crippen LogP contribution in [0.15, 0.2) is 34.5 Å². The van der Waals surface area contributed by atoms with Crippen molar-refractivity contribution >= 4 is 23.0 Å². The summed E-state index contributed by atoms with van der Waals surface area (Å²) in [5, 5.41) is 23.1. The van der Waals surface area contributed by atoms with Gasteiger partial charge in [-0.1, -0.05) is 12.1 Å². The SMILES string of the molecule is Nc1n[nH]c(N)c1N=Nc1cccc(CO)c1. The van der Waals surface area contributed by atoms with Gasteiger partial charge in [-0.05, 0) is 17.7 Å². The zero-order valence-electron chi connectivity index (χ0n) is 8.96. The summed E-state index contributed by atoms with van der Waals surface area (Å²) >= 11 is 0. The Kier molecular flexibility index (Phi) is 3.01. The first kappa shape index (κ1) is 11.1. The summed E-state index contributed by atoms with van der Waals surface area (Å²) in [5.41, 5.74) is 12.8. The summed E-state index contributed by atoms with van der Waals surface area (Å²) in [4.78, 5) is 0. The van der Waals surface area contributed by atoms with Gasteiger partial charge in [-0.15, -0.1) is 5.11 Å². The van der Waals surface area contributed by atoms with E-state index in [0.29, 0.717) is 11.4 Å². The summed E-state index contributed by atoms with van der Waals surface area (Å²) in [6.07, 6.45) is 0. The van der Waals surface area contributed by atoms with Crippen LogP contribution in [-0.2, 0) is 6.61 Å². The molecular weight excluding hydrogens is 220 g/mol. The number of aliphatic hydroxyl groups excluding tert-OH is 1. The van der Waals surface area contributed by atoms with Crippen LogP contribution in [0.3, 0.4) is 0 Å². The number of aromatic nitrogens is 2. The molecule has 0 saturated heterocycles. The van der Waals surface area contributed by atoms with Crippen molar-refractivity contribution in [2.24, 2.45) is 10.2 Å². The first-order valence-electron chi connectivity index (χ1n) is 4.91. The molecular formula is C10H12N6O. The minimum Gasteiger partial charge on any atom is -0.392 e. The number of H-pyrrole nitrogens is 1. The molecule has 0 aliphatic rings. The zero-order valence-corrected chi connectivity index (χ0v) is 8.96. The van der Waals surface area contributed by atoms with E-state index in [2.05, 4.69) is 20.4 Å². The molecule has 6 N–H and O–H groups in total. The highest BCUT2D eigenvalue weighted by Crippen LogP contribution is 2.28. The molecule has 0 fully saturated rings. The average Bonchev–Trinajstić information content (AvgIpc) is 2.67. The van der Waals surface area contributed by atoms with Gasteiger partial charge in [0.15, 0.2) is 11.5 Å². The number of benzene rings is 1. The summed E-state index contributed by atoms with van der Waals surface area (Å²) in [7, 11) is 0. The van der Waals surface area contributed by atoms with Gasteiger partial charge in [-0.2, -0.15) is 10.2 Å². The number of nitrogens with zero attached hydrogens (tertiary/aromatic N) is 3. The lowest BCUT2D eigenvalue weighted by molar-refractivity contribution is 0.282. The fraction of sp³-hybridized carbons (Fsp3) is 0.100. The van der Waals surface area contributed by atoms with E-state index in [9.17, 15) is 0 Å². The molecule has 0 amide bonds. The Morgan fingerprint density at radius 3 is 2.76 bits per heavy atom. The van der Waals surface area contributed by atoms with E-state index in [4.69, 9.17) is 16.6 Å². The molecule has 1 aromatic heterocycles. The molecule has 0 unspecified atom stereocenters. The van der Waals surface area contributed by atoms with Crippen molar-refractivity contribution in [2.45, 2.75) is 6.61 Å². The number of aromatic amines is 1. The Hall–Kier alpha value is -2.41. The third kappa shape index (κ3) is 2.40. The monoisotopic (exact) mass is 232 g/mol. The summed E-state index contributed by atoms with van der Waals surface area (Å²) in [6, 6.07) is 7.05. The number of hydrogen-bond acceptors (Lipinski definition) is 6. The Bertz CT molecular complexity index is 528. The highest BCUT2D eigenvalue weighted by atomic mass is 16.3. The first-order chi connectivity index (χ1) is 8.20. The van der Waals surface area contributed by atoms with E-state index in [1.165, 1.54) is 0 Å². The Morgan fingerprint density at radius 1 is 1.29 bits per heavy atom. The molecule has 0 aliphatic carbocycles. The van der Waals surface area contributed by atoms with E-state index in [1.807, 2.05) is 0 Å². The van der Waals surface area contributed by atoms with Crippen LogP contribution in [0, 0.1) is 0 Å². The average molecular weight is 232 g/mol. The lowest BCUT2D eigenvalue weighted by Crippen LogP contribution is -1.84. The molecule has 7 heteroatoms. The van der Waals surface area contributed by atoms with Crippen molar-refractivity contribution < 1.29 is 5.11 Å². The number of rotatable bonds is 3. The molecule has 0 aliphatic heterocycles. The second-order valence-corrected chi connectivity index (χ2v) is 3.40. The van der Waals surface area contributed by atoms with Crippen molar-refractivity contribution in [2.75, 3.05) is 11.5 Å². The van der Waals surface area contributed by atoms with Crippen LogP contribution < -0.4 is 11.5 Å². The van der Waals surface area contributed by atoms with Gasteiger partial charge in [0.05, 0.1) is 12.3 Å². The van der Waals surface area contributed by atoms with Crippen molar-refractivity contribution in [1.29, 1.82) is 0 Å². The molecule has 0 saturated carbocycles. The normalized spacial score (nSPS) is 11.1. The van der Waals surface area contributed by atoms with E-state index < -0.39 is 0 Å². The Balaban J connectivity index is 2.26. The van der Waals surface area contributed by atoms with Gasteiger partial charge in [0, 0.05) is 0 Å². The fourth-order valence-electron chi connectivity index (χ4n) is 1.29. The molecule has 1 heterocycles. The third-order valence-electron chi connectivity index (χ3n) is 2.15. The first-order valence-corrected chi connectivity index (χ1v) is 4.91. The van der Waals surface area contributed by atoms with Crippen molar-refractivity contribution in [3.05, 3.63) is 29.8 Å². The lowest BCUT2D eigenvalue weighted by atomic mass is 10.2. The third-order valence-corrected chi connectivity index (χ3v) is 2.15. The second-order valence-electron chi connectivity index (χ2n) is 3.40. The minimum absolute atomic E-state index is 0.0423. The summed E-state index contributed by atoms with van der Waals surface area (Å²) < 4.78 is 0. The van der Waals surface area contributed by atoms with E-state index >= 15 is 0 Å². The Morgan fingerprint density at radius 2 is 2.12 bits per heavy atom. The number of anilines is 2. The molecule has 2 aromatic rings. The topological polar surface area (TPSA) is 126 Å². The molecule has 17 heavy (non-hydrogen) atoms. The minimum atomic E-state index is -0.0423. The molecule has 0 spiro atoms. The van der Waals surface area contributed by atoms with Gasteiger partial charge in [-0.3, -0.25) is 5.10 Å².